The van der Waals surface area contributed by atoms with Crippen LogP contribution in [0.15, 0.2) is 60.7 Å². The summed E-state index contributed by atoms with van der Waals surface area (Å²) in [6.45, 7) is 2.83. The molecule has 2 fully saturated rings. The minimum Gasteiger partial charge on any atom is -0.353 e. The molecule has 2 N–H and O–H groups in total. The molecule has 2 saturated heterocycles. The molecule has 1 atom stereocenters. The van der Waals surface area contributed by atoms with Gasteiger partial charge in [0.2, 0.25) is 5.91 Å². The van der Waals surface area contributed by atoms with Crippen molar-refractivity contribution in [2.45, 2.75) is 44.3 Å². The molecule has 31 heavy (non-hydrogen) atoms. The molecule has 2 aliphatic heterocycles. The number of imide groups is 1. The summed E-state index contributed by atoms with van der Waals surface area (Å²) in [6.07, 6.45) is 2.34. The van der Waals surface area contributed by atoms with Gasteiger partial charge in [-0.05, 0) is 37.0 Å². The molecular weight excluding hydrogens is 392 g/mol. The Kier molecular flexibility index (Phi) is 6.62. The summed E-state index contributed by atoms with van der Waals surface area (Å²) < 4.78 is 0. The van der Waals surface area contributed by atoms with Crippen molar-refractivity contribution in [3.05, 3.63) is 66.2 Å². The summed E-state index contributed by atoms with van der Waals surface area (Å²) >= 11 is 0. The van der Waals surface area contributed by atoms with Gasteiger partial charge in [0.05, 0.1) is 5.69 Å². The van der Waals surface area contributed by atoms with Crippen molar-refractivity contribution in [3.8, 4) is 0 Å². The lowest BCUT2D eigenvalue weighted by Gasteiger charge is -2.32. The third-order valence-electron chi connectivity index (χ3n) is 5.90. The lowest BCUT2D eigenvalue weighted by atomic mass is 10.0. The first-order chi connectivity index (χ1) is 15.1. The Morgan fingerprint density at radius 3 is 2.29 bits per heavy atom. The van der Waals surface area contributed by atoms with Gasteiger partial charge >= 0.3 is 6.03 Å². The maximum absolute atomic E-state index is 12.6. The fourth-order valence-corrected chi connectivity index (χ4v) is 4.20. The number of benzene rings is 2. The minimum absolute atomic E-state index is 0.0679. The number of nitrogens with zero attached hydrogens (tertiary/aromatic N) is 2. The first-order valence-electron chi connectivity index (χ1n) is 10.9. The van der Waals surface area contributed by atoms with E-state index in [0.717, 1.165) is 37.4 Å². The number of amides is 4. The molecule has 7 nitrogen and oxygen atoms in total. The SMILES string of the molecule is O=C(CC[C@H]1NC(=O)N(c2ccccc2)C1=O)NC1CCN(Cc2ccccc2)CC1. The smallest absolute Gasteiger partial charge is 0.329 e. The van der Waals surface area contributed by atoms with Gasteiger partial charge in [-0.25, -0.2) is 9.69 Å². The van der Waals surface area contributed by atoms with Gasteiger partial charge in [0.15, 0.2) is 0 Å². The Morgan fingerprint density at radius 1 is 0.968 bits per heavy atom. The molecule has 2 aromatic rings. The molecule has 0 aliphatic carbocycles. The van der Waals surface area contributed by atoms with Gasteiger partial charge in [0, 0.05) is 32.1 Å². The predicted octanol–water partition coefficient (Wildman–Crippen LogP) is 2.67. The van der Waals surface area contributed by atoms with Crippen LogP contribution in [0.1, 0.15) is 31.2 Å². The number of anilines is 1. The molecule has 7 heteroatoms. The normalized spacial score (nSPS) is 20.0. The summed E-state index contributed by atoms with van der Waals surface area (Å²) in [5, 5.41) is 5.78. The zero-order valence-electron chi connectivity index (χ0n) is 17.5. The molecule has 162 valence electrons. The van der Waals surface area contributed by atoms with Gasteiger partial charge < -0.3 is 10.6 Å². The fourth-order valence-electron chi connectivity index (χ4n) is 4.20. The molecule has 4 rings (SSSR count). The summed E-state index contributed by atoms with van der Waals surface area (Å²) in [5.41, 5.74) is 1.84. The predicted molar refractivity (Wildman–Crippen MR) is 118 cm³/mol. The molecule has 2 aliphatic rings. The van der Waals surface area contributed by atoms with Gasteiger partial charge in [0.25, 0.3) is 5.91 Å². The van der Waals surface area contributed by atoms with E-state index in [2.05, 4.69) is 39.8 Å². The highest BCUT2D eigenvalue weighted by atomic mass is 16.2. The number of carbonyl (C=O) groups is 3. The summed E-state index contributed by atoms with van der Waals surface area (Å²) in [4.78, 5) is 40.8. The maximum atomic E-state index is 12.6. The van der Waals surface area contributed by atoms with Crippen LogP contribution in [0.3, 0.4) is 0 Å². The monoisotopic (exact) mass is 420 g/mol. The number of rotatable bonds is 7. The average Bonchev–Trinajstić information content (AvgIpc) is 3.08. The van der Waals surface area contributed by atoms with Crippen LogP contribution < -0.4 is 15.5 Å². The summed E-state index contributed by atoms with van der Waals surface area (Å²) in [5.74, 6) is -0.375. The molecule has 0 radical (unpaired) electrons. The number of carbonyl (C=O) groups excluding carboxylic acids is 3. The van der Waals surface area contributed by atoms with Crippen molar-refractivity contribution in [1.29, 1.82) is 0 Å². The summed E-state index contributed by atoms with van der Waals surface area (Å²) in [6, 6.07) is 18.3. The maximum Gasteiger partial charge on any atom is 0.329 e. The van der Waals surface area contributed by atoms with Gasteiger partial charge in [0.1, 0.15) is 6.04 Å². The molecule has 2 aromatic carbocycles. The van der Waals surface area contributed by atoms with Crippen LogP contribution in [0.4, 0.5) is 10.5 Å². The van der Waals surface area contributed by atoms with Crippen molar-refractivity contribution in [1.82, 2.24) is 15.5 Å². The number of urea groups is 1. The van der Waals surface area contributed by atoms with E-state index in [1.165, 1.54) is 5.56 Å². The standard InChI is InChI=1S/C24H28N4O3/c29-22(25-19-13-15-27(16-14-19)17-18-7-3-1-4-8-18)12-11-21-23(30)28(24(31)26-21)20-9-5-2-6-10-20/h1-10,19,21H,11-17H2,(H,25,29)(H,26,31)/t21-/m1/s1. The first-order valence-corrected chi connectivity index (χ1v) is 10.9. The van der Waals surface area contributed by atoms with Crippen molar-refractivity contribution in [2.75, 3.05) is 18.0 Å². The van der Waals surface area contributed by atoms with Crippen molar-refractivity contribution in [3.63, 3.8) is 0 Å². The molecule has 0 unspecified atom stereocenters. The number of hydrogen-bond acceptors (Lipinski definition) is 4. The number of nitrogens with one attached hydrogen (secondary N) is 2. The van der Waals surface area contributed by atoms with Crippen LogP contribution in [-0.4, -0.2) is 47.9 Å². The second-order valence-electron chi connectivity index (χ2n) is 8.15. The first kappa shape index (κ1) is 21.1. The third-order valence-corrected chi connectivity index (χ3v) is 5.90. The van der Waals surface area contributed by atoms with E-state index in [1.807, 2.05) is 12.1 Å². The van der Waals surface area contributed by atoms with E-state index in [9.17, 15) is 14.4 Å². The van der Waals surface area contributed by atoms with Crippen molar-refractivity contribution in [2.24, 2.45) is 0 Å². The zero-order valence-corrected chi connectivity index (χ0v) is 17.5. The van der Waals surface area contributed by atoms with E-state index in [1.54, 1.807) is 24.3 Å². The van der Waals surface area contributed by atoms with E-state index < -0.39 is 12.1 Å². The number of para-hydroxylation sites is 1. The second-order valence-corrected chi connectivity index (χ2v) is 8.15. The Morgan fingerprint density at radius 2 is 1.61 bits per heavy atom. The quantitative estimate of drug-likeness (QED) is 0.675. The minimum atomic E-state index is -0.661. The van der Waals surface area contributed by atoms with Crippen LogP contribution in [0.2, 0.25) is 0 Å². The molecule has 0 spiro atoms. The van der Waals surface area contributed by atoms with E-state index >= 15 is 0 Å². The van der Waals surface area contributed by atoms with Crippen LogP contribution >= 0.6 is 0 Å². The Hall–Kier alpha value is -3.19. The Balaban J connectivity index is 1.20. The van der Waals surface area contributed by atoms with Crippen molar-refractivity contribution >= 4 is 23.5 Å². The molecule has 4 amide bonds. The van der Waals surface area contributed by atoms with Gasteiger partial charge in [-0.3, -0.25) is 14.5 Å². The van der Waals surface area contributed by atoms with Crippen molar-refractivity contribution < 1.29 is 14.4 Å². The highest BCUT2D eigenvalue weighted by Crippen LogP contribution is 2.21. The lowest BCUT2D eigenvalue weighted by molar-refractivity contribution is -0.122. The number of hydrogen-bond donors (Lipinski definition) is 2. The van der Waals surface area contributed by atoms with E-state index in [4.69, 9.17) is 0 Å². The largest absolute Gasteiger partial charge is 0.353 e. The highest BCUT2D eigenvalue weighted by molar-refractivity contribution is 6.21. The van der Waals surface area contributed by atoms with Gasteiger partial charge in [-0.2, -0.15) is 0 Å². The molecule has 0 bridgehead atoms. The van der Waals surface area contributed by atoms with Gasteiger partial charge in [-0.15, -0.1) is 0 Å². The molecule has 0 aromatic heterocycles. The van der Waals surface area contributed by atoms with Crippen LogP contribution in [0.5, 0.6) is 0 Å². The van der Waals surface area contributed by atoms with E-state index in [-0.39, 0.29) is 24.3 Å². The lowest BCUT2D eigenvalue weighted by Crippen LogP contribution is -2.44. The highest BCUT2D eigenvalue weighted by Gasteiger charge is 2.38. The van der Waals surface area contributed by atoms with Crippen LogP contribution in [0, 0.1) is 0 Å². The average molecular weight is 421 g/mol. The van der Waals surface area contributed by atoms with Gasteiger partial charge in [-0.1, -0.05) is 48.5 Å². The Labute approximate surface area is 182 Å². The summed E-state index contributed by atoms with van der Waals surface area (Å²) in [7, 11) is 0. The molecule has 0 saturated carbocycles. The number of likely N-dealkylation sites (tertiary alicyclic amines) is 1. The fraction of sp³-hybridized carbons (Fsp3) is 0.375. The van der Waals surface area contributed by atoms with E-state index in [0.29, 0.717) is 12.1 Å². The molecule has 2 heterocycles. The molecular formula is C24H28N4O3. The topological polar surface area (TPSA) is 81.8 Å². The zero-order chi connectivity index (χ0) is 21.6. The third kappa shape index (κ3) is 5.30. The van der Waals surface area contributed by atoms with Crippen LogP contribution in [0.25, 0.3) is 0 Å². The Bertz CT molecular complexity index is 911. The second kappa shape index (κ2) is 9.75. The van der Waals surface area contributed by atoms with Crippen LogP contribution in [-0.2, 0) is 16.1 Å². The number of piperidine rings is 1.